The molecule has 1 aromatic carbocycles. The van der Waals surface area contributed by atoms with Crippen molar-refractivity contribution in [2.45, 2.75) is 26.2 Å². The van der Waals surface area contributed by atoms with E-state index in [1.54, 1.807) is 18.2 Å². The van der Waals surface area contributed by atoms with Crippen molar-refractivity contribution in [2.24, 2.45) is 5.92 Å². The number of aliphatic hydroxyl groups excluding tert-OH is 1. The zero-order valence-electron chi connectivity index (χ0n) is 11.6. The van der Waals surface area contributed by atoms with Gasteiger partial charge in [0.2, 0.25) is 5.91 Å². The average Bonchev–Trinajstić information content (AvgIpc) is 2.43. The van der Waals surface area contributed by atoms with Gasteiger partial charge >= 0.3 is 5.97 Å². The first kappa shape index (κ1) is 16.2. The number of hydrogen-bond acceptors (Lipinski definition) is 3. The van der Waals surface area contributed by atoms with E-state index in [0.29, 0.717) is 18.5 Å². The number of carbonyl (C=O) groups is 2. The molecule has 0 heterocycles. The van der Waals surface area contributed by atoms with E-state index in [4.69, 9.17) is 10.2 Å². The van der Waals surface area contributed by atoms with Crippen molar-refractivity contribution < 1.29 is 19.8 Å². The molecular formula is C15H21NO4. The Kier molecular flexibility index (Phi) is 6.73. The van der Waals surface area contributed by atoms with Gasteiger partial charge in [0.1, 0.15) is 0 Å². The zero-order chi connectivity index (χ0) is 15.0. The smallest absolute Gasteiger partial charge is 0.335 e. The van der Waals surface area contributed by atoms with Crippen LogP contribution in [0.3, 0.4) is 0 Å². The monoisotopic (exact) mass is 279 g/mol. The number of carboxylic acids is 1. The summed E-state index contributed by atoms with van der Waals surface area (Å²) in [5.41, 5.74) is 0.665. The molecule has 0 radical (unpaired) electrons. The van der Waals surface area contributed by atoms with Crippen molar-refractivity contribution >= 4 is 11.9 Å². The van der Waals surface area contributed by atoms with Crippen LogP contribution < -0.4 is 5.32 Å². The van der Waals surface area contributed by atoms with E-state index in [2.05, 4.69) is 5.32 Å². The Balaban J connectivity index is 2.56. The van der Waals surface area contributed by atoms with Crippen LogP contribution in [-0.4, -0.2) is 35.2 Å². The summed E-state index contributed by atoms with van der Waals surface area (Å²) in [7, 11) is 0. The molecule has 1 unspecified atom stereocenters. The fourth-order valence-electron chi connectivity index (χ4n) is 2.01. The summed E-state index contributed by atoms with van der Waals surface area (Å²) in [6.07, 6.45) is 1.59. The lowest BCUT2D eigenvalue weighted by Gasteiger charge is -2.14. The molecule has 0 fully saturated rings. The summed E-state index contributed by atoms with van der Waals surface area (Å²) in [6, 6.07) is 6.49. The molecular weight excluding hydrogens is 258 g/mol. The summed E-state index contributed by atoms with van der Waals surface area (Å²) in [6.45, 7) is 2.62. The Bertz CT molecular complexity index is 459. The fraction of sp³-hybridized carbons (Fsp3) is 0.467. The van der Waals surface area contributed by atoms with E-state index in [1.807, 2.05) is 6.92 Å². The highest BCUT2D eigenvalue weighted by Gasteiger charge is 2.13. The third-order valence-electron chi connectivity index (χ3n) is 3.30. The summed E-state index contributed by atoms with van der Waals surface area (Å²) in [4.78, 5) is 22.9. The van der Waals surface area contributed by atoms with Crippen LogP contribution in [0.2, 0.25) is 0 Å². The highest BCUT2D eigenvalue weighted by Crippen LogP contribution is 2.10. The molecule has 1 rings (SSSR count). The van der Waals surface area contributed by atoms with Gasteiger partial charge in [0.25, 0.3) is 0 Å². The molecule has 0 saturated carbocycles. The van der Waals surface area contributed by atoms with Gasteiger partial charge in [0.15, 0.2) is 0 Å². The van der Waals surface area contributed by atoms with Crippen molar-refractivity contribution in [3.8, 4) is 0 Å². The Hall–Kier alpha value is -1.88. The van der Waals surface area contributed by atoms with E-state index in [1.165, 1.54) is 6.07 Å². The van der Waals surface area contributed by atoms with E-state index in [-0.39, 0.29) is 30.4 Å². The minimum Gasteiger partial charge on any atom is -0.478 e. The lowest BCUT2D eigenvalue weighted by Crippen LogP contribution is -2.31. The molecule has 1 aromatic rings. The van der Waals surface area contributed by atoms with Crippen molar-refractivity contribution in [3.63, 3.8) is 0 Å². The Labute approximate surface area is 118 Å². The van der Waals surface area contributed by atoms with Gasteiger partial charge < -0.3 is 15.5 Å². The molecule has 110 valence electrons. The molecule has 0 aliphatic carbocycles. The molecule has 0 saturated heterocycles. The average molecular weight is 279 g/mol. The number of nitrogens with one attached hydrogen (secondary N) is 1. The van der Waals surface area contributed by atoms with E-state index in [0.717, 1.165) is 6.42 Å². The van der Waals surface area contributed by atoms with Gasteiger partial charge in [-0.05, 0) is 24.0 Å². The van der Waals surface area contributed by atoms with Crippen LogP contribution in [0.25, 0.3) is 0 Å². The molecule has 0 aliphatic heterocycles. The molecule has 0 aliphatic rings. The first-order valence-corrected chi connectivity index (χ1v) is 6.77. The van der Waals surface area contributed by atoms with Crippen molar-refractivity contribution in [2.75, 3.05) is 13.2 Å². The van der Waals surface area contributed by atoms with Crippen LogP contribution in [0.5, 0.6) is 0 Å². The summed E-state index contributed by atoms with van der Waals surface area (Å²) in [5.74, 6) is -0.978. The Morgan fingerprint density at radius 1 is 1.30 bits per heavy atom. The highest BCUT2D eigenvalue weighted by atomic mass is 16.4. The Morgan fingerprint density at radius 3 is 2.60 bits per heavy atom. The first-order valence-electron chi connectivity index (χ1n) is 6.77. The molecule has 1 amide bonds. The third-order valence-corrected chi connectivity index (χ3v) is 3.30. The van der Waals surface area contributed by atoms with Crippen LogP contribution >= 0.6 is 0 Å². The standard InChI is InChI=1S/C15H21NO4/c1-2-11(7-8-17)10-16-14(18)9-12-5-3-4-6-13(12)15(19)20/h3-6,11,17H,2,7-10H2,1H3,(H,16,18)(H,19,20). The largest absolute Gasteiger partial charge is 0.478 e. The molecule has 0 spiro atoms. The fourth-order valence-corrected chi connectivity index (χ4v) is 2.01. The topological polar surface area (TPSA) is 86.6 Å². The number of aromatic carboxylic acids is 1. The van der Waals surface area contributed by atoms with Gasteiger partial charge in [-0.2, -0.15) is 0 Å². The number of amides is 1. The zero-order valence-corrected chi connectivity index (χ0v) is 11.6. The number of hydrogen-bond donors (Lipinski definition) is 3. The molecule has 5 nitrogen and oxygen atoms in total. The number of rotatable bonds is 8. The summed E-state index contributed by atoms with van der Waals surface area (Å²) >= 11 is 0. The quantitative estimate of drug-likeness (QED) is 0.672. The van der Waals surface area contributed by atoms with Gasteiger partial charge in [-0.3, -0.25) is 4.79 Å². The second-order valence-corrected chi connectivity index (χ2v) is 4.73. The highest BCUT2D eigenvalue weighted by molar-refractivity contribution is 5.91. The number of aliphatic hydroxyl groups is 1. The minimum absolute atomic E-state index is 0.0536. The summed E-state index contributed by atoms with van der Waals surface area (Å²) in [5, 5.41) is 20.7. The second kappa shape index (κ2) is 8.32. The predicted molar refractivity (Wildman–Crippen MR) is 75.6 cm³/mol. The molecule has 20 heavy (non-hydrogen) atoms. The third kappa shape index (κ3) is 5.01. The van der Waals surface area contributed by atoms with Crippen molar-refractivity contribution in [1.29, 1.82) is 0 Å². The van der Waals surface area contributed by atoms with Crippen molar-refractivity contribution in [1.82, 2.24) is 5.32 Å². The minimum atomic E-state index is -1.03. The first-order chi connectivity index (χ1) is 9.58. The normalized spacial score (nSPS) is 11.9. The van der Waals surface area contributed by atoms with Gasteiger partial charge in [-0.25, -0.2) is 4.79 Å². The van der Waals surface area contributed by atoms with Gasteiger partial charge in [-0.1, -0.05) is 31.5 Å². The van der Waals surface area contributed by atoms with Gasteiger partial charge in [0.05, 0.1) is 12.0 Å². The van der Waals surface area contributed by atoms with Crippen LogP contribution in [-0.2, 0) is 11.2 Å². The lowest BCUT2D eigenvalue weighted by atomic mass is 10.0. The van der Waals surface area contributed by atoms with Crippen LogP contribution in [0.4, 0.5) is 0 Å². The second-order valence-electron chi connectivity index (χ2n) is 4.73. The molecule has 0 aromatic heterocycles. The number of carbonyl (C=O) groups excluding carboxylic acids is 1. The maximum Gasteiger partial charge on any atom is 0.335 e. The summed E-state index contributed by atoms with van der Waals surface area (Å²) < 4.78 is 0. The van der Waals surface area contributed by atoms with Crippen molar-refractivity contribution in [3.05, 3.63) is 35.4 Å². The predicted octanol–water partition coefficient (Wildman–Crippen LogP) is 1.45. The molecule has 1 atom stereocenters. The van der Waals surface area contributed by atoms with E-state index < -0.39 is 5.97 Å². The van der Waals surface area contributed by atoms with Crippen LogP contribution in [0, 0.1) is 5.92 Å². The molecule has 0 bridgehead atoms. The van der Waals surface area contributed by atoms with Gasteiger partial charge in [0, 0.05) is 13.2 Å². The van der Waals surface area contributed by atoms with E-state index >= 15 is 0 Å². The van der Waals surface area contributed by atoms with Gasteiger partial charge in [-0.15, -0.1) is 0 Å². The molecule has 5 heteroatoms. The number of carboxylic acid groups (broad SMARTS) is 1. The maximum absolute atomic E-state index is 11.8. The number of benzene rings is 1. The Morgan fingerprint density at radius 2 is 2.00 bits per heavy atom. The van der Waals surface area contributed by atoms with Crippen LogP contribution in [0.1, 0.15) is 35.7 Å². The molecule has 3 N–H and O–H groups in total. The maximum atomic E-state index is 11.8. The SMILES string of the molecule is CCC(CCO)CNC(=O)Cc1ccccc1C(=O)O. The lowest BCUT2D eigenvalue weighted by molar-refractivity contribution is -0.120. The van der Waals surface area contributed by atoms with E-state index in [9.17, 15) is 9.59 Å². The van der Waals surface area contributed by atoms with Crippen LogP contribution in [0.15, 0.2) is 24.3 Å².